The molecule has 0 aliphatic rings. The molecule has 0 spiro atoms. The second-order valence-corrected chi connectivity index (χ2v) is 6.23. The van der Waals surface area contributed by atoms with Crippen molar-refractivity contribution in [1.29, 1.82) is 0 Å². The molecule has 2 aromatic heterocycles. The summed E-state index contributed by atoms with van der Waals surface area (Å²) in [5.41, 5.74) is 1.20. The van der Waals surface area contributed by atoms with Crippen molar-refractivity contribution in [3.05, 3.63) is 76.7 Å². The normalized spacial score (nSPS) is 10.9. The van der Waals surface area contributed by atoms with Gasteiger partial charge in [-0.05, 0) is 6.07 Å². The third-order valence-corrected chi connectivity index (χ3v) is 4.22. The summed E-state index contributed by atoms with van der Waals surface area (Å²) in [6, 6.07) is 16.8. The van der Waals surface area contributed by atoms with Crippen molar-refractivity contribution in [2.45, 2.75) is 20.0 Å². The van der Waals surface area contributed by atoms with Crippen molar-refractivity contribution in [3.8, 4) is 11.3 Å². The Morgan fingerprint density at radius 1 is 1.07 bits per heavy atom. The first-order valence-electron chi connectivity index (χ1n) is 8.73. The van der Waals surface area contributed by atoms with E-state index in [9.17, 15) is 9.59 Å². The number of rotatable bonds is 5. The van der Waals surface area contributed by atoms with E-state index in [4.69, 9.17) is 4.52 Å². The van der Waals surface area contributed by atoms with Crippen LogP contribution in [-0.4, -0.2) is 25.8 Å². The number of nitrogens with zero attached hydrogens (tertiary/aromatic N) is 4. The largest absolute Gasteiger partial charge is 0.347 e. The van der Waals surface area contributed by atoms with E-state index < -0.39 is 0 Å². The average molecular weight is 375 g/mol. The number of carbonyl (C=O) groups excluding carboxylic acids is 1. The lowest BCUT2D eigenvalue weighted by molar-refractivity contribution is -0.122. The molecule has 4 aromatic rings. The summed E-state index contributed by atoms with van der Waals surface area (Å²) in [6.45, 7) is 1.58. The van der Waals surface area contributed by atoms with Gasteiger partial charge in [0.15, 0.2) is 5.82 Å². The predicted octanol–water partition coefficient (Wildman–Crippen LogP) is 2.07. The van der Waals surface area contributed by atoms with Crippen LogP contribution in [0.5, 0.6) is 0 Å². The molecule has 0 bridgehead atoms. The SMILES string of the molecule is Cc1nc(CNC(=O)Cn2nc(-c3ccccc3)c3ccccc3c2=O)no1. The van der Waals surface area contributed by atoms with E-state index >= 15 is 0 Å². The fraction of sp³-hybridized carbons (Fsp3) is 0.150. The predicted molar refractivity (Wildman–Crippen MR) is 102 cm³/mol. The van der Waals surface area contributed by atoms with Gasteiger partial charge in [0.2, 0.25) is 11.8 Å². The summed E-state index contributed by atoms with van der Waals surface area (Å²) in [5, 5.41) is 12.1. The molecule has 0 fully saturated rings. The number of nitrogens with one attached hydrogen (secondary N) is 1. The molecule has 0 saturated heterocycles. The van der Waals surface area contributed by atoms with Gasteiger partial charge in [-0.3, -0.25) is 9.59 Å². The minimum atomic E-state index is -0.369. The number of benzene rings is 2. The Hall–Kier alpha value is -3.81. The highest BCUT2D eigenvalue weighted by molar-refractivity contribution is 5.93. The molecule has 0 aliphatic carbocycles. The molecule has 0 atom stereocenters. The van der Waals surface area contributed by atoms with Crippen LogP contribution in [0.15, 0.2) is 63.9 Å². The first-order chi connectivity index (χ1) is 13.6. The van der Waals surface area contributed by atoms with Gasteiger partial charge in [-0.15, -0.1) is 0 Å². The third kappa shape index (κ3) is 3.52. The van der Waals surface area contributed by atoms with E-state index in [1.165, 1.54) is 4.68 Å². The van der Waals surface area contributed by atoms with E-state index in [0.29, 0.717) is 22.8 Å². The summed E-state index contributed by atoms with van der Waals surface area (Å²) in [5.74, 6) is 0.421. The average Bonchev–Trinajstić information content (AvgIpc) is 3.14. The zero-order valence-electron chi connectivity index (χ0n) is 15.1. The second kappa shape index (κ2) is 7.43. The summed E-state index contributed by atoms with van der Waals surface area (Å²) >= 11 is 0. The number of aryl methyl sites for hydroxylation is 1. The molecule has 8 nitrogen and oxygen atoms in total. The zero-order chi connectivity index (χ0) is 19.5. The van der Waals surface area contributed by atoms with Gasteiger partial charge in [-0.1, -0.05) is 53.7 Å². The van der Waals surface area contributed by atoms with Crippen LogP contribution in [0.2, 0.25) is 0 Å². The van der Waals surface area contributed by atoms with E-state index in [1.54, 1.807) is 19.1 Å². The molecule has 8 heteroatoms. The quantitative estimate of drug-likeness (QED) is 0.573. The molecule has 2 aromatic carbocycles. The Bertz CT molecular complexity index is 1200. The van der Waals surface area contributed by atoms with E-state index in [0.717, 1.165) is 10.9 Å². The highest BCUT2D eigenvalue weighted by Gasteiger charge is 2.14. The molecule has 2 heterocycles. The Kier molecular flexibility index (Phi) is 4.67. The van der Waals surface area contributed by atoms with Gasteiger partial charge in [-0.2, -0.15) is 10.1 Å². The van der Waals surface area contributed by atoms with Crippen LogP contribution in [-0.2, 0) is 17.9 Å². The number of hydrogen-bond donors (Lipinski definition) is 1. The number of hydrogen-bond acceptors (Lipinski definition) is 6. The van der Waals surface area contributed by atoms with Gasteiger partial charge >= 0.3 is 0 Å². The Labute approximate surface area is 159 Å². The second-order valence-electron chi connectivity index (χ2n) is 6.23. The van der Waals surface area contributed by atoms with Gasteiger partial charge < -0.3 is 9.84 Å². The lowest BCUT2D eigenvalue weighted by Gasteiger charge is -2.11. The van der Waals surface area contributed by atoms with E-state index in [-0.39, 0.29) is 24.6 Å². The molecule has 0 radical (unpaired) electrons. The Balaban J connectivity index is 1.66. The van der Waals surface area contributed by atoms with Gasteiger partial charge in [0.1, 0.15) is 6.54 Å². The van der Waals surface area contributed by atoms with Crippen molar-refractivity contribution in [2.24, 2.45) is 0 Å². The summed E-state index contributed by atoms with van der Waals surface area (Å²) in [4.78, 5) is 29.2. The van der Waals surface area contributed by atoms with Crippen LogP contribution in [0.25, 0.3) is 22.0 Å². The number of amides is 1. The molecule has 0 aliphatic heterocycles. The summed E-state index contributed by atoms with van der Waals surface area (Å²) in [6.07, 6.45) is 0. The van der Waals surface area contributed by atoms with Gasteiger partial charge in [0, 0.05) is 17.9 Å². The maximum atomic E-state index is 12.8. The highest BCUT2D eigenvalue weighted by atomic mass is 16.5. The van der Waals surface area contributed by atoms with E-state index in [1.807, 2.05) is 42.5 Å². The van der Waals surface area contributed by atoms with Crippen LogP contribution in [0.1, 0.15) is 11.7 Å². The molecule has 0 saturated carbocycles. The lowest BCUT2D eigenvalue weighted by Crippen LogP contribution is -2.34. The van der Waals surface area contributed by atoms with Crippen molar-refractivity contribution in [3.63, 3.8) is 0 Å². The maximum Gasteiger partial charge on any atom is 0.275 e. The fourth-order valence-corrected chi connectivity index (χ4v) is 2.93. The summed E-state index contributed by atoms with van der Waals surface area (Å²) in [7, 11) is 0. The van der Waals surface area contributed by atoms with Gasteiger partial charge in [0.25, 0.3) is 5.56 Å². The monoisotopic (exact) mass is 375 g/mol. The fourth-order valence-electron chi connectivity index (χ4n) is 2.93. The van der Waals surface area contributed by atoms with Crippen molar-refractivity contribution in [1.82, 2.24) is 25.2 Å². The lowest BCUT2D eigenvalue weighted by atomic mass is 10.1. The number of fused-ring (bicyclic) bond motifs is 1. The molecule has 4 rings (SSSR count). The summed E-state index contributed by atoms with van der Waals surface area (Å²) < 4.78 is 6.05. The van der Waals surface area contributed by atoms with Crippen LogP contribution >= 0.6 is 0 Å². The molecule has 1 N–H and O–H groups in total. The van der Waals surface area contributed by atoms with Crippen LogP contribution < -0.4 is 10.9 Å². The van der Waals surface area contributed by atoms with Crippen LogP contribution in [0.3, 0.4) is 0 Å². The molecule has 140 valence electrons. The molecular weight excluding hydrogens is 358 g/mol. The first kappa shape index (κ1) is 17.6. The molecular formula is C20H17N5O3. The Morgan fingerprint density at radius 2 is 1.79 bits per heavy atom. The number of carbonyl (C=O) groups is 1. The molecule has 0 unspecified atom stereocenters. The highest BCUT2D eigenvalue weighted by Crippen LogP contribution is 2.24. The topological polar surface area (TPSA) is 103 Å². The van der Waals surface area contributed by atoms with Gasteiger partial charge in [0.05, 0.1) is 17.6 Å². The van der Waals surface area contributed by atoms with Gasteiger partial charge in [-0.25, -0.2) is 4.68 Å². The molecule has 28 heavy (non-hydrogen) atoms. The Morgan fingerprint density at radius 3 is 2.50 bits per heavy atom. The first-order valence-corrected chi connectivity index (χ1v) is 8.73. The van der Waals surface area contributed by atoms with E-state index in [2.05, 4.69) is 20.6 Å². The van der Waals surface area contributed by atoms with Crippen molar-refractivity contribution in [2.75, 3.05) is 0 Å². The minimum absolute atomic E-state index is 0.115. The zero-order valence-corrected chi connectivity index (χ0v) is 15.1. The van der Waals surface area contributed by atoms with Crippen LogP contribution in [0, 0.1) is 6.92 Å². The van der Waals surface area contributed by atoms with Crippen molar-refractivity contribution < 1.29 is 9.32 Å². The third-order valence-electron chi connectivity index (χ3n) is 4.22. The minimum Gasteiger partial charge on any atom is -0.347 e. The maximum absolute atomic E-state index is 12.8. The van der Waals surface area contributed by atoms with Crippen molar-refractivity contribution >= 4 is 16.7 Å². The smallest absolute Gasteiger partial charge is 0.275 e. The number of aromatic nitrogens is 4. The van der Waals surface area contributed by atoms with Crippen LogP contribution in [0.4, 0.5) is 0 Å². The standard InChI is InChI=1S/C20H17N5O3/c1-13-22-17(24-28-13)11-21-18(26)12-25-20(27)16-10-6-5-9-15(16)19(23-25)14-7-3-2-4-8-14/h2-10H,11-12H2,1H3,(H,21,26). The molecule has 1 amide bonds.